The molecule has 1 atom stereocenters. The lowest BCUT2D eigenvalue weighted by atomic mass is 10.2. The minimum atomic E-state index is -0.564. The largest absolute Gasteiger partial charge is 0.370 e. The molecule has 0 radical (unpaired) electrons. The molecule has 1 fully saturated rings. The van der Waals surface area contributed by atoms with Crippen molar-refractivity contribution in [1.29, 1.82) is 0 Å². The predicted octanol–water partition coefficient (Wildman–Crippen LogP) is 3.97. The average Bonchev–Trinajstić information content (AvgIpc) is 3.04. The zero-order valence-electron chi connectivity index (χ0n) is 14.4. The molecule has 1 aliphatic heterocycles. The van der Waals surface area contributed by atoms with Gasteiger partial charge in [-0.3, -0.25) is 9.89 Å². The number of halogens is 3. The van der Waals surface area contributed by atoms with E-state index < -0.39 is 11.6 Å². The van der Waals surface area contributed by atoms with E-state index in [4.69, 9.17) is 5.73 Å². The molecule has 2 aromatic carbocycles. The van der Waals surface area contributed by atoms with Gasteiger partial charge in [-0.15, -0.1) is 24.0 Å². The van der Waals surface area contributed by atoms with E-state index in [-0.39, 0.29) is 35.6 Å². The van der Waals surface area contributed by atoms with Gasteiger partial charge in [0.15, 0.2) is 5.96 Å². The molecule has 140 valence electrons. The standard InChI is InChI=1S/C19H22F2N4.HI/c20-15-8-9-17(21)18(11-15)24-19(22)23-12-16-7-4-10-25(16)13-14-5-2-1-3-6-14;/h1-3,5-6,8-9,11,16H,4,7,10,12-13H2,(H3,22,23,24);1H. The highest BCUT2D eigenvalue weighted by atomic mass is 127. The van der Waals surface area contributed by atoms with E-state index in [0.717, 1.165) is 44.1 Å². The summed E-state index contributed by atoms with van der Waals surface area (Å²) in [6, 6.07) is 13.8. The predicted molar refractivity (Wildman–Crippen MR) is 112 cm³/mol. The van der Waals surface area contributed by atoms with Crippen LogP contribution in [0, 0.1) is 11.6 Å². The summed E-state index contributed by atoms with van der Waals surface area (Å²) >= 11 is 0. The van der Waals surface area contributed by atoms with Crippen molar-refractivity contribution in [2.45, 2.75) is 25.4 Å². The Morgan fingerprint density at radius 2 is 1.96 bits per heavy atom. The van der Waals surface area contributed by atoms with E-state index in [1.807, 2.05) is 18.2 Å². The molecule has 0 spiro atoms. The van der Waals surface area contributed by atoms with Gasteiger partial charge in [0.2, 0.25) is 0 Å². The van der Waals surface area contributed by atoms with E-state index in [9.17, 15) is 8.78 Å². The van der Waals surface area contributed by atoms with Crippen molar-refractivity contribution in [2.75, 3.05) is 18.4 Å². The van der Waals surface area contributed by atoms with Crippen LogP contribution in [-0.2, 0) is 6.54 Å². The fraction of sp³-hybridized carbons (Fsp3) is 0.316. The van der Waals surface area contributed by atoms with Crippen LogP contribution in [0.3, 0.4) is 0 Å². The Morgan fingerprint density at radius 1 is 1.19 bits per heavy atom. The van der Waals surface area contributed by atoms with Crippen molar-refractivity contribution in [3.8, 4) is 0 Å². The number of guanidine groups is 1. The first-order valence-corrected chi connectivity index (χ1v) is 8.42. The fourth-order valence-corrected chi connectivity index (χ4v) is 3.10. The van der Waals surface area contributed by atoms with Crippen molar-refractivity contribution in [3.05, 3.63) is 65.7 Å². The Balaban J connectivity index is 0.00000243. The molecule has 1 aliphatic rings. The maximum Gasteiger partial charge on any atom is 0.193 e. The van der Waals surface area contributed by atoms with Crippen LogP contribution in [-0.4, -0.2) is 30.0 Å². The number of benzene rings is 2. The number of rotatable bonds is 5. The normalized spacial score (nSPS) is 17.8. The molecule has 26 heavy (non-hydrogen) atoms. The quantitative estimate of drug-likeness (QED) is 0.394. The molecule has 3 N–H and O–H groups in total. The number of hydrogen-bond donors (Lipinski definition) is 2. The van der Waals surface area contributed by atoms with E-state index in [1.165, 1.54) is 5.56 Å². The minimum absolute atomic E-state index is 0. The highest BCUT2D eigenvalue weighted by Gasteiger charge is 2.24. The van der Waals surface area contributed by atoms with Crippen molar-refractivity contribution in [2.24, 2.45) is 10.7 Å². The molecule has 0 bridgehead atoms. The van der Waals surface area contributed by atoms with Crippen LogP contribution in [0.2, 0.25) is 0 Å². The fourth-order valence-electron chi connectivity index (χ4n) is 3.10. The number of nitrogens with one attached hydrogen (secondary N) is 1. The van der Waals surface area contributed by atoms with Crippen molar-refractivity contribution >= 4 is 35.6 Å². The minimum Gasteiger partial charge on any atom is -0.370 e. The third-order valence-corrected chi connectivity index (χ3v) is 4.39. The second-order valence-electron chi connectivity index (χ2n) is 6.23. The van der Waals surface area contributed by atoms with Crippen LogP contribution < -0.4 is 11.1 Å². The smallest absolute Gasteiger partial charge is 0.193 e. The van der Waals surface area contributed by atoms with Gasteiger partial charge in [0.1, 0.15) is 11.6 Å². The molecule has 1 saturated heterocycles. The Morgan fingerprint density at radius 3 is 2.73 bits per heavy atom. The number of nitrogens with two attached hydrogens (primary N) is 1. The zero-order chi connectivity index (χ0) is 17.6. The Kier molecular flexibility index (Phi) is 7.77. The number of anilines is 1. The van der Waals surface area contributed by atoms with Gasteiger partial charge < -0.3 is 11.1 Å². The van der Waals surface area contributed by atoms with Crippen molar-refractivity contribution < 1.29 is 8.78 Å². The summed E-state index contributed by atoms with van der Waals surface area (Å²) in [6.45, 7) is 2.44. The molecule has 1 unspecified atom stereocenters. The third-order valence-electron chi connectivity index (χ3n) is 4.39. The van der Waals surface area contributed by atoms with Gasteiger partial charge >= 0.3 is 0 Å². The van der Waals surface area contributed by atoms with Crippen LogP contribution in [0.1, 0.15) is 18.4 Å². The first-order valence-electron chi connectivity index (χ1n) is 8.42. The van der Waals surface area contributed by atoms with Crippen molar-refractivity contribution in [3.63, 3.8) is 0 Å². The van der Waals surface area contributed by atoms with Crippen LogP contribution in [0.5, 0.6) is 0 Å². The zero-order valence-corrected chi connectivity index (χ0v) is 16.7. The SMILES string of the molecule is I.NC(=NCC1CCCN1Cc1ccccc1)Nc1cc(F)ccc1F. The number of nitrogens with zero attached hydrogens (tertiary/aromatic N) is 2. The molecule has 0 amide bonds. The summed E-state index contributed by atoms with van der Waals surface area (Å²) in [5.74, 6) is -0.997. The highest BCUT2D eigenvalue weighted by molar-refractivity contribution is 14.0. The van der Waals surface area contributed by atoms with Crippen LogP contribution in [0.15, 0.2) is 53.5 Å². The number of likely N-dealkylation sites (tertiary alicyclic amines) is 1. The number of hydrogen-bond acceptors (Lipinski definition) is 2. The van der Waals surface area contributed by atoms with Crippen molar-refractivity contribution in [1.82, 2.24) is 4.90 Å². The van der Waals surface area contributed by atoms with Gasteiger partial charge in [-0.25, -0.2) is 8.78 Å². The molecule has 7 heteroatoms. The molecule has 0 aliphatic carbocycles. The molecule has 2 aromatic rings. The molecular weight excluding hydrogens is 449 g/mol. The summed E-state index contributed by atoms with van der Waals surface area (Å²) in [4.78, 5) is 6.70. The van der Waals surface area contributed by atoms with Crippen LogP contribution in [0.4, 0.5) is 14.5 Å². The molecular formula is C19H23F2IN4. The van der Waals surface area contributed by atoms with Gasteiger partial charge in [0.05, 0.1) is 12.2 Å². The first kappa shape index (κ1) is 20.6. The van der Waals surface area contributed by atoms with E-state index >= 15 is 0 Å². The first-order chi connectivity index (χ1) is 12.1. The van der Waals surface area contributed by atoms with Gasteiger partial charge in [-0.2, -0.15) is 0 Å². The van der Waals surface area contributed by atoms with Gasteiger partial charge in [0, 0.05) is 18.7 Å². The molecule has 0 aromatic heterocycles. The summed E-state index contributed by atoms with van der Waals surface area (Å²) < 4.78 is 26.8. The topological polar surface area (TPSA) is 53.6 Å². The maximum absolute atomic E-state index is 13.6. The Hall–Kier alpha value is -1.74. The lowest BCUT2D eigenvalue weighted by Crippen LogP contribution is -2.33. The van der Waals surface area contributed by atoms with E-state index in [0.29, 0.717) is 12.6 Å². The number of aliphatic imine (C=N–C) groups is 1. The van der Waals surface area contributed by atoms with Crippen LogP contribution in [0.25, 0.3) is 0 Å². The lowest BCUT2D eigenvalue weighted by Gasteiger charge is -2.23. The molecule has 4 nitrogen and oxygen atoms in total. The van der Waals surface area contributed by atoms with Gasteiger partial charge in [-0.05, 0) is 37.1 Å². The second kappa shape index (κ2) is 9.82. The summed E-state index contributed by atoms with van der Waals surface area (Å²) in [5.41, 5.74) is 7.10. The lowest BCUT2D eigenvalue weighted by molar-refractivity contribution is 0.250. The molecule has 0 saturated carbocycles. The van der Waals surface area contributed by atoms with E-state index in [1.54, 1.807) is 0 Å². The van der Waals surface area contributed by atoms with Crippen LogP contribution >= 0.6 is 24.0 Å². The Bertz CT molecular complexity index is 740. The molecule has 3 rings (SSSR count). The van der Waals surface area contributed by atoms with Gasteiger partial charge in [0.25, 0.3) is 0 Å². The maximum atomic E-state index is 13.6. The highest BCUT2D eigenvalue weighted by Crippen LogP contribution is 2.20. The monoisotopic (exact) mass is 472 g/mol. The summed E-state index contributed by atoms with van der Waals surface area (Å²) in [5, 5.41) is 2.63. The molecule has 1 heterocycles. The summed E-state index contributed by atoms with van der Waals surface area (Å²) in [6.07, 6.45) is 2.18. The van der Waals surface area contributed by atoms with E-state index in [2.05, 4.69) is 27.3 Å². The third kappa shape index (κ3) is 5.63. The van der Waals surface area contributed by atoms with Gasteiger partial charge in [-0.1, -0.05) is 30.3 Å². The average molecular weight is 472 g/mol. The Labute approximate surface area is 169 Å². The summed E-state index contributed by atoms with van der Waals surface area (Å²) in [7, 11) is 0. The second-order valence-corrected chi connectivity index (χ2v) is 6.23.